The van der Waals surface area contributed by atoms with Gasteiger partial charge in [-0.3, -0.25) is 14.3 Å². The number of benzene rings is 1. The number of pyridine rings is 1. The molecule has 160 valence electrons. The second-order valence-corrected chi connectivity index (χ2v) is 7.89. The van der Waals surface area contributed by atoms with Crippen LogP contribution in [-0.4, -0.2) is 14.5 Å². The molecule has 0 bridgehead atoms. The average Bonchev–Trinajstić information content (AvgIpc) is 2.78. The number of hydrogen-bond acceptors (Lipinski definition) is 4. The van der Waals surface area contributed by atoms with E-state index in [1.807, 2.05) is 0 Å². The van der Waals surface area contributed by atoms with Gasteiger partial charge in [0, 0.05) is 18.3 Å². The van der Waals surface area contributed by atoms with Gasteiger partial charge in [-0.25, -0.2) is 4.98 Å². The summed E-state index contributed by atoms with van der Waals surface area (Å²) < 4.78 is 42.0. The van der Waals surface area contributed by atoms with Crippen molar-refractivity contribution < 1.29 is 13.2 Å². The number of nitriles is 1. The van der Waals surface area contributed by atoms with Crippen LogP contribution in [-0.2, 0) is 12.7 Å². The highest BCUT2D eigenvalue weighted by molar-refractivity contribution is 5.82. The molecule has 0 unspecified atom stereocenters. The van der Waals surface area contributed by atoms with Gasteiger partial charge in [0.05, 0.1) is 22.5 Å². The molecule has 0 amide bonds. The van der Waals surface area contributed by atoms with Crippen LogP contribution in [0.4, 0.5) is 13.2 Å². The van der Waals surface area contributed by atoms with Crippen LogP contribution in [0.2, 0.25) is 0 Å². The first kappa shape index (κ1) is 21.0. The smallest absolute Gasteiger partial charge is 0.292 e. The fourth-order valence-corrected chi connectivity index (χ4v) is 4.35. The lowest BCUT2D eigenvalue weighted by molar-refractivity contribution is -0.139. The van der Waals surface area contributed by atoms with E-state index < -0.39 is 22.8 Å². The summed E-state index contributed by atoms with van der Waals surface area (Å²) in [5, 5.41) is 8.98. The minimum absolute atomic E-state index is 0.0796. The van der Waals surface area contributed by atoms with Gasteiger partial charge in [0.25, 0.3) is 5.56 Å². The average molecular weight is 426 g/mol. The maximum absolute atomic E-state index is 13.6. The SMILES string of the molecule is N#Cc1ccccc1-c1nc2ccnc(C(F)(F)F)c2c(=O)n1CCC1CCCCC1. The Kier molecular flexibility index (Phi) is 5.77. The summed E-state index contributed by atoms with van der Waals surface area (Å²) in [5.74, 6) is 0.635. The predicted molar refractivity (Wildman–Crippen MR) is 110 cm³/mol. The lowest BCUT2D eigenvalue weighted by Gasteiger charge is -2.23. The summed E-state index contributed by atoms with van der Waals surface area (Å²) in [7, 11) is 0. The second kappa shape index (κ2) is 8.50. The monoisotopic (exact) mass is 426 g/mol. The van der Waals surface area contributed by atoms with E-state index in [0.29, 0.717) is 23.5 Å². The molecule has 3 aromatic rings. The molecule has 1 saturated carbocycles. The Morgan fingerprint density at radius 1 is 1.13 bits per heavy atom. The Labute approximate surface area is 177 Å². The Hall–Kier alpha value is -3.21. The van der Waals surface area contributed by atoms with Crippen LogP contribution in [0.5, 0.6) is 0 Å². The number of hydrogen-bond donors (Lipinski definition) is 0. The number of halogens is 3. The molecule has 2 aromatic heterocycles. The fraction of sp³-hybridized carbons (Fsp3) is 0.391. The molecule has 1 fully saturated rings. The molecule has 0 spiro atoms. The minimum Gasteiger partial charge on any atom is -0.292 e. The first-order chi connectivity index (χ1) is 14.9. The summed E-state index contributed by atoms with van der Waals surface area (Å²) in [4.78, 5) is 21.2. The summed E-state index contributed by atoms with van der Waals surface area (Å²) >= 11 is 0. The van der Waals surface area contributed by atoms with E-state index in [1.165, 1.54) is 17.1 Å². The van der Waals surface area contributed by atoms with Crippen molar-refractivity contribution in [3.8, 4) is 17.5 Å². The Bertz CT molecular complexity index is 1200. The van der Waals surface area contributed by atoms with Gasteiger partial charge >= 0.3 is 6.18 Å². The number of alkyl halides is 3. The molecule has 5 nitrogen and oxygen atoms in total. The standard InChI is InChI=1S/C23H21F3N4O/c24-23(25,26)20-19-18(10-12-28-20)29-21(17-9-5-4-8-16(17)14-27)30(22(19)31)13-11-15-6-2-1-3-7-15/h4-5,8-10,12,15H,1-3,6-7,11,13H2. The van der Waals surface area contributed by atoms with E-state index in [4.69, 9.17) is 0 Å². The van der Waals surface area contributed by atoms with Crippen molar-refractivity contribution in [1.29, 1.82) is 5.26 Å². The molecule has 0 radical (unpaired) electrons. The van der Waals surface area contributed by atoms with Gasteiger partial charge in [-0.05, 0) is 30.5 Å². The summed E-state index contributed by atoms with van der Waals surface area (Å²) in [6, 6.07) is 10.1. The van der Waals surface area contributed by atoms with Crippen LogP contribution in [0.25, 0.3) is 22.3 Å². The predicted octanol–water partition coefficient (Wildman–Crippen LogP) is 5.32. The zero-order chi connectivity index (χ0) is 22.0. The van der Waals surface area contributed by atoms with Crippen molar-refractivity contribution >= 4 is 10.9 Å². The fourth-order valence-electron chi connectivity index (χ4n) is 4.35. The van der Waals surface area contributed by atoms with Gasteiger partial charge in [-0.1, -0.05) is 44.2 Å². The molecule has 8 heteroatoms. The normalized spacial score (nSPS) is 15.2. The number of fused-ring (bicyclic) bond motifs is 1. The first-order valence-corrected chi connectivity index (χ1v) is 10.4. The van der Waals surface area contributed by atoms with Crippen molar-refractivity contribution in [3.05, 3.63) is 58.1 Å². The molecule has 4 rings (SSSR count). The Morgan fingerprint density at radius 2 is 1.87 bits per heavy atom. The van der Waals surface area contributed by atoms with Gasteiger partial charge in [0.1, 0.15) is 5.82 Å². The third-order valence-electron chi connectivity index (χ3n) is 5.91. The zero-order valence-electron chi connectivity index (χ0n) is 16.8. The van der Waals surface area contributed by atoms with Crippen molar-refractivity contribution in [2.75, 3.05) is 0 Å². The third-order valence-corrected chi connectivity index (χ3v) is 5.91. The van der Waals surface area contributed by atoms with Gasteiger partial charge in [0.15, 0.2) is 5.69 Å². The second-order valence-electron chi connectivity index (χ2n) is 7.89. The molecule has 0 N–H and O–H groups in total. The molecule has 0 aliphatic heterocycles. The molecule has 1 aromatic carbocycles. The summed E-state index contributed by atoms with van der Waals surface area (Å²) in [6.45, 7) is 0.244. The number of rotatable bonds is 4. The topological polar surface area (TPSA) is 71.6 Å². The van der Waals surface area contributed by atoms with Crippen LogP contribution < -0.4 is 5.56 Å². The van der Waals surface area contributed by atoms with E-state index in [2.05, 4.69) is 16.0 Å². The van der Waals surface area contributed by atoms with Crippen LogP contribution >= 0.6 is 0 Å². The highest BCUT2D eigenvalue weighted by Crippen LogP contribution is 2.33. The molecule has 0 atom stereocenters. The maximum Gasteiger partial charge on any atom is 0.434 e. The first-order valence-electron chi connectivity index (χ1n) is 10.4. The van der Waals surface area contributed by atoms with Crippen LogP contribution in [0.1, 0.15) is 49.8 Å². The van der Waals surface area contributed by atoms with Gasteiger partial charge in [0.2, 0.25) is 0 Å². The van der Waals surface area contributed by atoms with Crippen molar-refractivity contribution in [1.82, 2.24) is 14.5 Å². The quantitative estimate of drug-likeness (QED) is 0.566. The lowest BCUT2D eigenvalue weighted by Crippen LogP contribution is -2.27. The van der Waals surface area contributed by atoms with E-state index in [9.17, 15) is 23.2 Å². The van der Waals surface area contributed by atoms with E-state index in [0.717, 1.165) is 31.9 Å². The van der Waals surface area contributed by atoms with Crippen molar-refractivity contribution in [2.24, 2.45) is 5.92 Å². The molecular weight excluding hydrogens is 405 g/mol. The maximum atomic E-state index is 13.6. The van der Waals surface area contributed by atoms with Crippen LogP contribution in [0, 0.1) is 17.2 Å². The van der Waals surface area contributed by atoms with Crippen LogP contribution in [0.3, 0.4) is 0 Å². The zero-order valence-corrected chi connectivity index (χ0v) is 16.8. The van der Waals surface area contributed by atoms with E-state index >= 15 is 0 Å². The van der Waals surface area contributed by atoms with Gasteiger partial charge < -0.3 is 0 Å². The number of nitrogens with zero attached hydrogens (tertiary/aromatic N) is 4. The molecule has 31 heavy (non-hydrogen) atoms. The van der Waals surface area contributed by atoms with Crippen molar-refractivity contribution in [3.63, 3.8) is 0 Å². The molecular formula is C23H21F3N4O. The highest BCUT2D eigenvalue weighted by Gasteiger charge is 2.36. The molecule has 2 heterocycles. The minimum atomic E-state index is -4.77. The van der Waals surface area contributed by atoms with Crippen molar-refractivity contribution in [2.45, 2.75) is 51.2 Å². The van der Waals surface area contributed by atoms with E-state index in [1.54, 1.807) is 24.3 Å². The molecule has 0 saturated heterocycles. The third kappa shape index (κ3) is 4.18. The van der Waals surface area contributed by atoms with E-state index in [-0.39, 0.29) is 17.9 Å². The lowest BCUT2D eigenvalue weighted by atomic mass is 9.87. The van der Waals surface area contributed by atoms with Gasteiger partial charge in [-0.15, -0.1) is 0 Å². The van der Waals surface area contributed by atoms with Crippen LogP contribution in [0.15, 0.2) is 41.3 Å². The molecule has 1 aliphatic carbocycles. The number of aromatic nitrogens is 3. The highest BCUT2D eigenvalue weighted by atomic mass is 19.4. The molecule has 1 aliphatic rings. The summed E-state index contributed by atoms with van der Waals surface area (Å²) in [6.07, 6.45) is 2.46. The largest absolute Gasteiger partial charge is 0.434 e. The summed E-state index contributed by atoms with van der Waals surface area (Å²) in [5.41, 5.74) is -1.34. The Morgan fingerprint density at radius 3 is 2.58 bits per heavy atom. The Balaban J connectivity index is 1.92. The van der Waals surface area contributed by atoms with Gasteiger partial charge in [-0.2, -0.15) is 18.4 Å².